The number of phenolic OH excluding ortho intramolecular Hbond substituents is 1. The smallest absolute Gasteiger partial charge is 0.163 e. The first-order chi connectivity index (χ1) is 15.1. The first kappa shape index (κ1) is 19.2. The average molecular weight is 412 g/mol. The predicted molar refractivity (Wildman–Crippen MR) is 122 cm³/mol. The van der Waals surface area contributed by atoms with Crippen LogP contribution in [-0.2, 0) is 4.79 Å². The number of methoxy groups -OCH3 is 1. The van der Waals surface area contributed by atoms with Crippen molar-refractivity contribution in [2.45, 2.75) is 24.8 Å². The molecule has 0 saturated heterocycles. The molecule has 0 aromatic heterocycles. The van der Waals surface area contributed by atoms with Crippen molar-refractivity contribution in [2.75, 3.05) is 17.7 Å². The zero-order valence-electron chi connectivity index (χ0n) is 17.3. The Morgan fingerprint density at radius 3 is 2.39 bits per heavy atom. The number of para-hydroxylation sites is 3. The number of nitrogens with one attached hydrogen (secondary N) is 2. The fourth-order valence-corrected chi connectivity index (χ4v) is 4.63. The molecule has 5 heteroatoms. The van der Waals surface area contributed by atoms with E-state index in [0.29, 0.717) is 12.8 Å². The number of hydrogen-bond donors (Lipinski definition) is 3. The molecule has 0 saturated carbocycles. The van der Waals surface area contributed by atoms with Gasteiger partial charge in [0.05, 0.1) is 24.5 Å². The van der Waals surface area contributed by atoms with E-state index in [1.165, 1.54) is 0 Å². The maximum atomic E-state index is 13.5. The summed E-state index contributed by atoms with van der Waals surface area (Å²) in [4.78, 5) is 13.5. The van der Waals surface area contributed by atoms with Crippen LogP contribution in [0.3, 0.4) is 0 Å². The molecule has 2 atom stereocenters. The normalized spacial score (nSPS) is 20.1. The van der Waals surface area contributed by atoms with Crippen LogP contribution in [0, 0.1) is 0 Å². The van der Waals surface area contributed by atoms with Gasteiger partial charge < -0.3 is 20.5 Å². The number of anilines is 2. The second-order valence-corrected chi connectivity index (χ2v) is 8.00. The molecule has 5 rings (SSSR count). The minimum atomic E-state index is -0.294. The summed E-state index contributed by atoms with van der Waals surface area (Å²) in [6, 6.07) is 22.7. The van der Waals surface area contributed by atoms with Crippen LogP contribution in [0.5, 0.6) is 11.5 Å². The molecule has 0 fully saturated rings. The summed E-state index contributed by atoms with van der Waals surface area (Å²) in [5, 5.41) is 16.8. The molecule has 2 unspecified atom stereocenters. The average Bonchev–Trinajstić information content (AvgIpc) is 2.96. The number of ketones is 1. The van der Waals surface area contributed by atoms with Crippen molar-refractivity contribution < 1.29 is 14.6 Å². The minimum Gasteiger partial charge on any atom is -0.508 e. The van der Waals surface area contributed by atoms with Crippen molar-refractivity contribution in [2.24, 2.45) is 0 Å². The summed E-state index contributed by atoms with van der Waals surface area (Å²) < 4.78 is 5.57. The van der Waals surface area contributed by atoms with Gasteiger partial charge in [-0.2, -0.15) is 0 Å². The maximum Gasteiger partial charge on any atom is 0.163 e. The molecule has 0 amide bonds. The van der Waals surface area contributed by atoms with Crippen LogP contribution >= 0.6 is 0 Å². The molecule has 3 N–H and O–H groups in total. The summed E-state index contributed by atoms with van der Waals surface area (Å²) in [6.07, 6.45) is 1.14. The maximum absolute atomic E-state index is 13.5. The Hall–Kier alpha value is -3.73. The highest BCUT2D eigenvalue weighted by atomic mass is 16.5. The van der Waals surface area contributed by atoms with Crippen LogP contribution < -0.4 is 15.4 Å². The minimum absolute atomic E-state index is 0.0423. The number of aromatic hydroxyl groups is 1. The van der Waals surface area contributed by atoms with E-state index < -0.39 is 0 Å². The van der Waals surface area contributed by atoms with Crippen LogP contribution in [0.2, 0.25) is 0 Å². The molecule has 0 bridgehead atoms. The number of ether oxygens (including phenoxy) is 1. The number of carbonyl (C=O) groups is 1. The Morgan fingerprint density at radius 1 is 0.903 bits per heavy atom. The monoisotopic (exact) mass is 412 g/mol. The molecular formula is C26H24N2O3. The second-order valence-electron chi connectivity index (χ2n) is 8.00. The number of rotatable bonds is 3. The van der Waals surface area contributed by atoms with Crippen molar-refractivity contribution in [3.05, 3.63) is 95.2 Å². The Kier molecular flexibility index (Phi) is 4.86. The third-order valence-electron chi connectivity index (χ3n) is 6.11. The fourth-order valence-electron chi connectivity index (χ4n) is 4.63. The number of fused-ring (bicyclic) bond motifs is 1. The highest BCUT2D eigenvalue weighted by Crippen LogP contribution is 2.45. The number of hydrogen-bond acceptors (Lipinski definition) is 5. The lowest BCUT2D eigenvalue weighted by molar-refractivity contribution is -0.116. The quantitative estimate of drug-likeness (QED) is 0.539. The summed E-state index contributed by atoms with van der Waals surface area (Å²) in [5.74, 6) is 1.17. The van der Waals surface area contributed by atoms with Gasteiger partial charge in [-0.15, -0.1) is 0 Å². The second kappa shape index (κ2) is 7.84. The SMILES string of the molecule is COc1ccccc1C1CC(=O)C2=C(C1)Nc1ccccc1NC2c1ccc(O)cc1. The molecule has 1 heterocycles. The predicted octanol–water partition coefficient (Wildman–Crippen LogP) is 5.38. The van der Waals surface area contributed by atoms with Crippen molar-refractivity contribution in [3.8, 4) is 11.5 Å². The van der Waals surface area contributed by atoms with Gasteiger partial charge in [0.2, 0.25) is 0 Å². The zero-order chi connectivity index (χ0) is 21.4. The van der Waals surface area contributed by atoms with Gasteiger partial charge in [0.15, 0.2) is 5.78 Å². The Labute approximate surface area is 181 Å². The number of carbonyl (C=O) groups excluding carboxylic acids is 1. The van der Waals surface area contributed by atoms with Gasteiger partial charge in [-0.3, -0.25) is 4.79 Å². The Bertz CT molecular complexity index is 1170. The molecular weight excluding hydrogens is 388 g/mol. The molecule has 31 heavy (non-hydrogen) atoms. The van der Waals surface area contributed by atoms with Crippen molar-refractivity contribution >= 4 is 17.2 Å². The van der Waals surface area contributed by atoms with E-state index in [1.807, 2.05) is 60.7 Å². The lowest BCUT2D eigenvalue weighted by atomic mass is 9.78. The fraction of sp³-hybridized carbons (Fsp3) is 0.192. The van der Waals surface area contributed by atoms with E-state index in [-0.39, 0.29) is 23.5 Å². The van der Waals surface area contributed by atoms with Crippen molar-refractivity contribution in [3.63, 3.8) is 0 Å². The summed E-state index contributed by atoms with van der Waals surface area (Å²) in [6.45, 7) is 0. The van der Waals surface area contributed by atoms with E-state index in [1.54, 1.807) is 19.2 Å². The first-order valence-corrected chi connectivity index (χ1v) is 10.4. The third kappa shape index (κ3) is 3.52. The lowest BCUT2D eigenvalue weighted by Crippen LogP contribution is -2.27. The topological polar surface area (TPSA) is 70.6 Å². The molecule has 5 nitrogen and oxygen atoms in total. The molecule has 2 aliphatic rings. The Balaban J connectivity index is 1.61. The number of phenols is 1. The van der Waals surface area contributed by atoms with Gasteiger partial charge in [-0.25, -0.2) is 0 Å². The van der Waals surface area contributed by atoms with Gasteiger partial charge in [-0.1, -0.05) is 42.5 Å². The van der Waals surface area contributed by atoms with Crippen LogP contribution in [0.25, 0.3) is 0 Å². The van der Waals surface area contributed by atoms with Gasteiger partial charge >= 0.3 is 0 Å². The molecule has 3 aromatic rings. The van der Waals surface area contributed by atoms with Crippen LogP contribution in [0.1, 0.15) is 35.9 Å². The molecule has 1 aliphatic heterocycles. The molecule has 3 aromatic carbocycles. The van der Waals surface area contributed by atoms with Gasteiger partial charge in [0.25, 0.3) is 0 Å². The van der Waals surface area contributed by atoms with Crippen molar-refractivity contribution in [1.29, 1.82) is 0 Å². The molecule has 0 radical (unpaired) electrons. The zero-order valence-corrected chi connectivity index (χ0v) is 17.3. The van der Waals surface area contributed by atoms with Crippen molar-refractivity contribution in [1.82, 2.24) is 0 Å². The summed E-state index contributed by atoms with van der Waals surface area (Å²) in [7, 11) is 1.67. The largest absolute Gasteiger partial charge is 0.508 e. The van der Waals surface area contributed by atoms with Gasteiger partial charge in [0, 0.05) is 23.6 Å². The van der Waals surface area contributed by atoms with Crippen LogP contribution in [0.15, 0.2) is 84.1 Å². The number of benzene rings is 3. The summed E-state index contributed by atoms with van der Waals surface area (Å²) >= 11 is 0. The van der Waals surface area contributed by atoms with E-state index in [9.17, 15) is 9.90 Å². The molecule has 1 aliphatic carbocycles. The third-order valence-corrected chi connectivity index (χ3v) is 6.11. The van der Waals surface area contributed by atoms with E-state index in [4.69, 9.17) is 4.74 Å². The highest BCUT2D eigenvalue weighted by molar-refractivity contribution is 6.01. The summed E-state index contributed by atoms with van der Waals surface area (Å²) in [5.41, 5.74) is 5.57. The number of Topliss-reactive ketones (excluding diaryl/α,β-unsaturated/α-hetero) is 1. The molecule has 156 valence electrons. The standard InChI is InChI=1S/C26H24N2O3/c1-31-24-9-5-2-6-19(24)17-14-22-25(23(30)15-17)26(16-10-12-18(29)13-11-16)28-21-8-4-3-7-20(21)27-22/h2-13,17,26-29H,14-15H2,1H3. The van der Waals surface area contributed by atoms with Crippen LogP contribution in [0.4, 0.5) is 11.4 Å². The Morgan fingerprint density at radius 2 is 1.61 bits per heavy atom. The van der Waals surface area contributed by atoms with Crippen LogP contribution in [-0.4, -0.2) is 18.0 Å². The molecule has 0 spiro atoms. The lowest BCUT2D eigenvalue weighted by Gasteiger charge is -2.30. The first-order valence-electron chi connectivity index (χ1n) is 10.4. The highest BCUT2D eigenvalue weighted by Gasteiger charge is 2.36. The van der Waals surface area contributed by atoms with Gasteiger partial charge in [0.1, 0.15) is 11.5 Å². The number of allylic oxidation sites excluding steroid dienone is 1. The van der Waals surface area contributed by atoms with Gasteiger partial charge in [-0.05, 0) is 47.9 Å². The van der Waals surface area contributed by atoms with E-state index in [0.717, 1.165) is 39.5 Å². The van der Waals surface area contributed by atoms with E-state index in [2.05, 4.69) is 10.6 Å². The van der Waals surface area contributed by atoms with E-state index >= 15 is 0 Å².